The monoisotopic (exact) mass is 330 g/mol. The van der Waals surface area contributed by atoms with Gasteiger partial charge in [-0.25, -0.2) is 4.98 Å². The number of nitrogens with zero attached hydrogens (tertiary/aromatic N) is 3. The highest BCUT2D eigenvalue weighted by Crippen LogP contribution is 2.26. The maximum Gasteiger partial charge on any atom is 0.220 e. The second kappa shape index (κ2) is 7.23. The average molecular weight is 330 g/mol. The Morgan fingerprint density at radius 1 is 1.43 bits per heavy atom. The number of hydrogen-bond acceptors (Lipinski definition) is 5. The standard InChI is InChI=1S/C16H18N4O2S/c1-12(9-20-11-17-10-18-20)19-16(21)7-5-13-4-6-14(22-13)15-3-2-8-23-15/h2-4,6,8,10-12H,5,7,9H2,1H3,(H,19,21). The molecule has 3 heterocycles. The van der Waals surface area contributed by atoms with Crippen molar-refractivity contribution in [1.29, 1.82) is 0 Å². The van der Waals surface area contributed by atoms with E-state index < -0.39 is 0 Å². The predicted octanol–water partition coefficient (Wildman–Crippen LogP) is 2.74. The van der Waals surface area contributed by atoms with Crippen LogP contribution in [0.4, 0.5) is 0 Å². The predicted molar refractivity (Wildman–Crippen MR) is 88.0 cm³/mol. The van der Waals surface area contributed by atoms with Crippen LogP contribution in [0.2, 0.25) is 0 Å². The molecule has 3 rings (SSSR count). The summed E-state index contributed by atoms with van der Waals surface area (Å²) in [5.74, 6) is 1.69. The Morgan fingerprint density at radius 2 is 2.35 bits per heavy atom. The van der Waals surface area contributed by atoms with Gasteiger partial charge in [0, 0.05) is 18.9 Å². The van der Waals surface area contributed by atoms with Gasteiger partial charge in [-0.3, -0.25) is 9.48 Å². The van der Waals surface area contributed by atoms with E-state index in [9.17, 15) is 4.79 Å². The molecule has 0 fully saturated rings. The third-order valence-corrected chi connectivity index (χ3v) is 4.24. The number of aryl methyl sites for hydroxylation is 1. The van der Waals surface area contributed by atoms with Crippen LogP contribution >= 0.6 is 11.3 Å². The second-order valence-electron chi connectivity index (χ2n) is 5.33. The molecule has 1 atom stereocenters. The number of carbonyl (C=O) groups excluding carboxylic acids is 1. The molecule has 0 aliphatic heterocycles. The van der Waals surface area contributed by atoms with Gasteiger partial charge in [-0.05, 0) is 30.5 Å². The second-order valence-corrected chi connectivity index (χ2v) is 6.28. The van der Waals surface area contributed by atoms with Crippen molar-refractivity contribution < 1.29 is 9.21 Å². The van der Waals surface area contributed by atoms with Crippen LogP contribution in [-0.4, -0.2) is 26.7 Å². The van der Waals surface area contributed by atoms with Gasteiger partial charge in [0.05, 0.1) is 11.4 Å². The Balaban J connectivity index is 1.45. The summed E-state index contributed by atoms with van der Waals surface area (Å²) >= 11 is 1.64. The SMILES string of the molecule is CC(Cn1cncn1)NC(=O)CCc1ccc(-c2cccs2)o1. The number of furan rings is 1. The van der Waals surface area contributed by atoms with Gasteiger partial charge in [0.15, 0.2) is 0 Å². The van der Waals surface area contributed by atoms with Crippen molar-refractivity contribution in [3.63, 3.8) is 0 Å². The molecule has 0 aliphatic rings. The maximum atomic E-state index is 12.0. The van der Waals surface area contributed by atoms with Gasteiger partial charge >= 0.3 is 0 Å². The zero-order chi connectivity index (χ0) is 16.1. The van der Waals surface area contributed by atoms with Crippen LogP contribution in [0.15, 0.2) is 46.7 Å². The van der Waals surface area contributed by atoms with Crippen LogP contribution in [0.1, 0.15) is 19.1 Å². The fraction of sp³-hybridized carbons (Fsp3) is 0.312. The van der Waals surface area contributed by atoms with Crippen molar-refractivity contribution in [2.24, 2.45) is 0 Å². The molecule has 0 spiro atoms. The molecule has 0 aliphatic carbocycles. The summed E-state index contributed by atoms with van der Waals surface area (Å²) < 4.78 is 7.48. The number of nitrogens with one attached hydrogen (secondary N) is 1. The first-order chi connectivity index (χ1) is 11.2. The Morgan fingerprint density at radius 3 is 3.09 bits per heavy atom. The van der Waals surface area contributed by atoms with Crippen LogP contribution < -0.4 is 5.32 Å². The lowest BCUT2D eigenvalue weighted by molar-refractivity contribution is -0.121. The molecule has 0 aromatic carbocycles. The van der Waals surface area contributed by atoms with E-state index in [2.05, 4.69) is 15.4 Å². The van der Waals surface area contributed by atoms with Crippen molar-refractivity contribution in [3.05, 3.63) is 48.1 Å². The van der Waals surface area contributed by atoms with Crippen LogP contribution in [0.25, 0.3) is 10.6 Å². The minimum absolute atomic E-state index is 0.00230. The molecule has 1 N–H and O–H groups in total. The first-order valence-corrected chi connectivity index (χ1v) is 8.33. The van der Waals surface area contributed by atoms with E-state index in [0.717, 1.165) is 16.4 Å². The van der Waals surface area contributed by atoms with E-state index >= 15 is 0 Å². The highest BCUT2D eigenvalue weighted by Gasteiger charge is 2.11. The zero-order valence-electron chi connectivity index (χ0n) is 12.8. The minimum Gasteiger partial charge on any atom is -0.460 e. The molecule has 7 heteroatoms. The topological polar surface area (TPSA) is 73.0 Å². The average Bonchev–Trinajstić information content (AvgIpc) is 3.26. The first-order valence-electron chi connectivity index (χ1n) is 7.45. The number of thiophene rings is 1. The molecule has 3 aromatic heterocycles. The Hall–Kier alpha value is -2.41. The number of rotatable bonds is 7. The van der Waals surface area contributed by atoms with E-state index in [1.165, 1.54) is 6.33 Å². The van der Waals surface area contributed by atoms with Gasteiger partial charge in [-0.1, -0.05) is 6.07 Å². The summed E-state index contributed by atoms with van der Waals surface area (Å²) in [6.07, 6.45) is 4.11. The van der Waals surface area contributed by atoms with E-state index in [4.69, 9.17) is 4.42 Å². The Kier molecular flexibility index (Phi) is 4.87. The lowest BCUT2D eigenvalue weighted by atomic mass is 10.2. The van der Waals surface area contributed by atoms with Crippen molar-refractivity contribution in [3.8, 4) is 10.6 Å². The van der Waals surface area contributed by atoms with Gasteiger partial charge in [-0.2, -0.15) is 5.10 Å². The molecule has 23 heavy (non-hydrogen) atoms. The van der Waals surface area contributed by atoms with Gasteiger partial charge in [0.1, 0.15) is 24.2 Å². The van der Waals surface area contributed by atoms with Gasteiger partial charge in [0.25, 0.3) is 0 Å². The molecular weight excluding hydrogens is 312 g/mol. The molecule has 0 saturated heterocycles. The highest BCUT2D eigenvalue weighted by atomic mass is 32.1. The summed E-state index contributed by atoms with van der Waals surface area (Å²) in [7, 11) is 0. The molecular formula is C16H18N4O2S. The third kappa shape index (κ3) is 4.29. The summed E-state index contributed by atoms with van der Waals surface area (Å²) in [5, 5.41) is 9.00. The van der Waals surface area contributed by atoms with E-state index in [-0.39, 0.29) is 11.9 Å². The van der Waals surface area contributed by atoms with Crippen molar-refractivity contribution in [2.45, 2.75) is 32.4 Å². The summed E-state index contributed by atoms with van der Waals surface area (Å²) in [4.78, 5) is 17.0. The molecule has 6 nitrogen and oxygen atoms in total. The van der Waals surface area contributed by atoms with Crippen molar-refractivity contribution in [1.82, 2.24) is 20.1 Å². The summed E-state index contributed by atoms with van der Waals surface area (Å²) in [5.41, 5.74) is 0. The molecule has 3 aromatic rings. The molecule has 1 amide bonds. The molecule has 120 valence electrons. The Labute approximate surface area is 138 Å². The maximum absolute atomic E-state index is 12.0. The normalized spacial score (nSPS) is 12.2. The zero-order valence-corrected chi connectivity index (χ0v) is 13.6. The van der Waals surface area contributed by atoms with E-state index in [1.807, 2.05) is 36.6 Å². The summed E-state index contributed by atoms with van der Waals surface area (Å²) in [6.45, 7) is 2.55. The number of aromatic nitrogens is 3. The largest absolute Gasteiger partial charge is 0.460 e. The molecule has 1 unspecified atom stereocenters. The van der Waals surface area contributed by atoms with E-state index in [1.54, 1.807) is 22.3 Å². The molecule has 0 bridgehead atoms. The number of hydrogen-bond donors (Lipinski definition) is 1. The summed E-state index contributed by atoms with van der Waals surface area (Å²) in [6, 6.07) is 7.90. The number of amides is 1. The van der Waals surface area contributed by atoms with Gasteiger partial charge < -0.3 is 9.73 Å². The Bertz CT molecular complexity index is 734. The van der Waals surface area contributed by atoms with E-state index in [0.29, 0.717) is 19.4 Å². The minimum atomic E-state index is 0.00230. The highest BCUT2D eigenvalue weighted by molar-refractivity contribution is 7.13. The lowest BCUT2D eigenvalue weighted by Crippen LogP contribution is -2.35. The lowest BCUT2D eigenvalue weighted by Gasteiger charge is -2.13. The number of carbonyl (C=O) groups is 1. The first kappa shape index (κ1) is 15.5. The smallest absolute Gasteiger partial charge is 0.220 e. The van der Waals surface area contributed by atoms with Crippen LogP contribution in [0, 0.1) is 0 Å². The van der Waals surface area contributed by atoms with Gasteiger partial charge in [0.2, 0.25) is 5.91 Å². The van der Waals surface area contributed by atoms with Crippen molar-refractivity contribution in [2.75, 3.05) is 0 Å². The molecule has 0 radical (unpaired) electrons. The third-order valence-electron chi connectivity index (χ3n) is 3.36. The van der Waals surface area contributed by atoms with Crippen molar-refractivity contribution >= 4 is 17.2 Å². The van der Waals surface area contributed by atoms with Crippen LogP contribution in [-0.2, 0) is 17.8 Å². The fourth-order valence-electron chi connectivity index (χ4n) is 2.30. The molecule has 0 saturated carbocycles. The van der Waals surface area contributed by atoms with Crippen LogP contribution in [0.3, 0.4) is 0 Å². The van der Waals surface area contributed by atoms with Gasteiger partial charge in [-0.15, -0.1) is 11.3 Å². The quantitative estimate of drug-likeness (QED) is 0.723. The van der Waals surface area contributed by atoms with Crippen LogP contribution in [0.5, 0.6) is 0 Å². The fourth-order valence-corrected chi connectivity index (χ4v) is 2.99.